The van der Waals surface area contributed by atoms with Crippen molar-refractivity contribution in [3.8, 4) is 33.4 Å². The van der Waals surface area contributed by atoms with E-state index in [1.807, 2.05) is 0 Å². The van der Waals surface area contributed by atoms with E-state index in [2.05, 4.69) is 193 Å². The molecule has 0 atom stereocenters. The highest BCUT2D eigenvalue weighted by Crippen LogP contribution is 2.48. The molecule has 0 bridgehead atoms. The number of aryl methyl sites for hydroxylation is 1. The second-order valence-corrected chi connectivity index (χ2v) is 13.1. The van der Waals surface area contributed by atoms with Crippen LogP contribution in [0.4, 0.5) is 22.7 Å². The molecule has 3 heterocycles. The van der Waals surface area contributed by atoms with E-state index in [-0.39, 0.29) is 0 Å². The third-order valence-electron chi connectivity index (χ3n) is 9.97. The van der Waals surface area contributed by atoms with Gasteiger partial charge in [0.25, 0.3) is 0 Å². The molecule has 0 radical (unpaired) electrons. The van der Waals surface area contributed by atoms with Crippen LogP contribution in [0.1, 0.15) is 30.2 Å². The van der Waals surface area contributed by atoms with Gasteiger partial charge in [-0.05, 0) is 53.5 Å². The average Bonchev–Trinajstić information content (AvgIpc) is 3.69. The van der Waals surface area contributed by atoms with Gasteiger partial charge in [-0.15, -0.1) is 0 Å². The van der Waals surface area contributed by atoms with Crippen LogP contribution in [0, 0.1) is 0 Å². The summed E-state index contributed by atoms with van der Waals surface area (Å²) in [6, 6.07) is 49.7. The lowest BCUT2D eigenvalue weighted by molar-refractivity contribution is 0.543. The molecule has 0 unspecified atom stereocenters. The molecule has 0 N–H and O–H groups in total. The minimum Gasteiger partial charge on any atom is -0.459 e. The lowest BCUT2D eigenvalue weighted by atomic mass is 9.93. The number of hydrogen-bond donors (Lipinski definition) is 0. The van der Waals surface area contributed by atoms with E-state index in [0.717, 1.165) is 79.9 Å². The Kier molecular flexibility index (Phi) is 7.67. The molecule has 7 aromatic rings. The lowest BCUT2D eigenvalue weighted by Crippen LogP contribution is -2.14. The van der Waals surface area contributed by atoms with E-state index in [1.165, 1.54) is 22.5 Å². The molecule has 6 aromatic carbocycles. The highest BCUT2D eigenvalue weighted by atomic mass is 16.3. The largest absolute Gasteiger partial charge is 0.459 e. The molecule has 0 fully saturated rings. The van der Waals surface area contributed by atoms with Gasteiger partial charge in [0, 0.05) is 46.8 Å². The summed E-state index contributed by atoms with van der Waals surface area (Å²) in [5.74, 6) is 0.985. The van der Waals surface area contributed by atoms with Crippen LogP contribution < -0.4 is 9.48 Å². The Hall–Kier alpha value is -6.45. The first-order chi connectivity index (χ1) is 25.2. The fourth-order valence-electron chi connectivity index (χ4n) is 7.68. The van der Waals surface area contributed by atoms with Gasteiger partial charge < -0.3 is 9.32 Å². The van der Waals surface area contributed by atoms with Crippen LogP contribution in [0.2, 0.25) is 0 Å². The first-order valence-corrected chi connectivity index (χ1v) is 17.7. The maximum Gasteiger partial charge on any atom is 0.219 e. The van der Waals surface area contributed by atoms with E-state index >= 15 is 0 Å². The third-order valence-corrected chi connectivity index (χ3v) is 9.97. The predicted molar refractivity (Wildman–Crippen MR) is 215 cm³/mol. The normalized spacial score (nSPS) is 14.4. The zero-order valence-electron chi connectivity index (χ0n) is 28.6. The molecular formula is C48H37N2O+. The molecular weight excluding hydrogens is 621 g/mol. The fraction of sp³-hybridized carbons (Fsp3) is 0.0625. The molecule has 3 nitrogen and oxygen atoms in total. The van der Waals surface area contributed by atoms with Crippen molar-refractivity contribution in [3.05, 3.63) is 187 Å². The van der Waals surface area contributed by atoms with Crippen molar-refractivity contribution in [3.63, 3.8) is 0 Å². The van der Waals surface area contributed by atoms with Gasteiger partial charge in [0.1, 0.15) is 11.3 Å². The number of furan rings is 1. The van der Waals surface area contributed by atoms with E-state index in [4.69, 9.17) is 4.42 Å². The van der Waals surface area contributed by atoms with Gasteiger partial charge in [-0.25, -0.2) is 0 Å². The molecule has 0 spiro atoms. The van der Waals surface area contributed by atoms with Gasteiger partial charge in [-0.2, -0.15) is 4.58 Å². The summed E-state index contributed by atoms with van der Waals surface area (Å²) >= 11 is 0. The van der Waals surface area contributed by atoms with E-state index in [0.29, 0.717) is 0 Å². The van der Waals surface area contributed by atoms with Crippen molar-refractivity contribution in [2.45, 2.75) is 19.8 Å². The standard InChI is InChI=1S/C48H37N2O/c1-3-17-45-41(32-50-42-27-12-10-23-38(42)39-24-11-13-28-43(39)50)40-29-30-44-46(48(40)51-45)33(2)18-14-15-31-49(44)47-36(34-19-6-4-7-20-34)25-16-26-37(47)35-21-8-5-9-22-35/h4-16,18-32H,2-3,17H2,1H3/q+1/b18-14-,31-15-. The molecule has 0 saturated carbocycles. The van der Waals surface area contributed by atoms with Crippen molar-refractivity contribution < 1.29 is 4.42 Å². The summed E-state index contributed by atoms with van der Waals surface area (Å²) in [6.45, 7) is 6.83. The number of nitrogens with zero attached hydrogens (tertiary/aromatic N) is 2. The highest BCUT2D eigenvalue weighted by Gasteiger charge is 2.33. The molecule has 9 rings (SSSR count). The second kappa shape index (κ2) is 12.8. The maximum absolute atomic E-state index is 7.00. The van der Waals surface area contributed by atoms with Crippen LogP contribution in [0.5, 0.6) is 0 Å². The van der Waals surface area contributed by atoms with Gasteiger partial charge in [0.05, 0.1) is 28.1 Å². The van der Waals surface area contributed by atoms with Crippen LogP contribution >= 0.6 is 0 Å². The quantitative estimate of drug-likeness (QED) is 0.166. The maximum atomic E-state index is 7.00. The van der Waals surface area contributed by atoms with Gasteiger partial charge in [0.2, 0.25) is 11.4 Å². The molecule has 244 valence electrons. The summed E-state index contributed by atoms with van der Waals surface area (Å²) < 4.78 is 9.33. The third kappa shape index (κ3) is 5.17. The van der Waals surface area contributed by atoms with Crippen molar-refractivity contribution in [2.24, 2.45) is 0 Å². The molecule has 51 heavy (non-hydrogen) atoms. The Bertz CT molecular complexity index is 2450. The fourth-order valence-corrected chi connectivity index (χ4v) is 7.68. The minimum absolute atomic E-state index is 0.827. The number of fused-ring (bicyclic) bond motifs is 6. The Morgan fingerprint density at radius 1 is 0.647 bits per heavy atom. The van der Waals surface area contributed by atoms with Gasteiger partial charge in [-0.1, -0.05) is 129 Å². The van der Waals surface area contributed by atoms with Crippen LogP contribution in [0.3, 0.4) is 0 Å². The Morgan fingerprint density at radius 2 is 1.24 bits per heavy atom. The summed E-state index contributed by atoms with van der Waals surface area (Å²) in [4.78, 5) is 2.33. The molecule has 0 saturated heterocycles. The summed E-state index contributed by atoms with van der Waals surface area (Å²) in [6.07, 6.45) is 12.5. The SMILES string of the molecule is C=C1/C=C\C=C/N(c2c(-c3ccccc3)cccc2-c2ccccc2)c2ccc3c(C=[N+]4c5ccccc5-c5ccccc54)c(CCC)oc3c21. The van der Waals surface area contributed by atoms with E-state index in [1.54, 1.807) is 0 Å². The zero-order valence-corrected chi connectivity index (χ0v) is 28.6. The number of anilines is 2. The minimum atomic E-state index is 0.827. The predicted octanol–water partition coefficient (Wildman–Crippen LogP) is 12.9. The van der Waals surface area contributed by atoms with Gasteiger partial charge in [0.15, 0.2) is 6.21 Å². The van der Waals surface area contributed by atoms with Crippen LogP contribution in [-0.2, 0) is 6.42 Å². The van der Waals surface area contributed by atoms with Crippen molar-refractivity contribution in [2.75, 3.05) is 4.90 Å². The van der Waals surface area contributed by atoms with Gasteiger partial charge >= 0.3 is 0 Å². The number of hydrogen-bond acceptors (Lipinski definition) is 2. The summed E-state index contributed by atoms with van der Waals surface area (Å²) in [5, 5.41) is 1.08. The number of allylic oxidation sites excluding steroid dienone is 4. The zero-order chi connectivity index (χ0) is 34.3. The first kappa shape index (κ1) is 30.6. The Morgan fingerprint density at radius 3 is 1.86 bits per heavy atom. The number of rotatable bonds is 6. The number of para-hydroxylation sites is 3. The topological polar surface area (TPSA) is 19.4 Å². The van der Waals surface area contributed by atoms with Gasteiger partial charge in [-0.3, -0.25) is 0 Å². The second-order valence-electron chi connectivity index (χ2n) is 13.1. The molecule has 3 heteroatoms. The van der Waals surface area contributed by atoms with Crippen molar-refractivity contribution in [1.29, 1.82) is 0 Å². The highest BCUT2D eigenvalue weighted by molar-refractivity contribution is 6.10. The average molecular weight is 658 g/mol. The lowest BCUT2D eigenvalue weighted by Gasteiger charge is -2.29. The molecule has 0 aliphatic carbocycles. The monoisotopic (exact) mass is 657 g/mol. The summed E-state index contributed by atoms with van der Waals surface area (Å²) in [5.41, 5.74) is 15.4. The van der Waals surface area contributed by atoms with E-state index < -0.39 is 0 Å². The number of benzene rings is 6. The van der Waals surface area contributed by atoms with Crippen LogP contribution in [-0.4, -0.2) is 6.21 Å². The Balaban J connectivity index is 1.30. The van der Waals surface area contributed by atoms with Crippen LogP contribution in [0.15, 0.2) is 175 Å². The first-order valence-electron chi connectivity index (χ1n) is 17.7. The molecule has 1 aromatic heterocycles. The Labute approximate surface area is 299 Å². The van der Waals surface area contributed by atoms with Crippen LogP contribution in [0.25, 0.3) is 49.9 Å². The van der Waals surface area contributed by atoms with Crippen molar-refractivity contribution >= 4 is 45.5 Å². The molecule has 2 aliphatic rings. The smallest absolute Gasteiger partial charge is 0.219 e. The van der Waals surface area contributed by atoms with E-state index in [9.17, 15) is 0 Å². The summed E-state index contributed by atoms with van der Waals surface area (Å²) in [7, 11) is 0. The molecule has 2 aliphatic heterocycles. The molecule has 0 amide bonds. The van der Waals surface area contributed by atoms with Crippen molar-refractivity contribution in [1.82, 2.24) is 4.58 Å².